The first-order valence-corrected chi connectivity index (χ1v) is 6.42. The summed E-state index contributed by atoms with van der Waals surface area (Å²) in [6.45, 7) is 10.1. The molecular weight excluding hydrogens is 272 g/mol. The van der Waals surface area contributed by atoms with Gasteiger partial charge >= 0.3 is 5.97 Å². The van der Waals surface area contributed by atoms with Crippen molar-refractivity contribution in [2.45, 2.75) is 20.0 Å². The number of hydrogen-bond donors (Lipinski definition) is 1. The Morgan fingerprint density at radius 2 is 2.10 bits per heavy atom. The van der Waals surface area contributed by atoms with Gasteiger partial charge in [0, 0.05) is 20.2 Å². The second-order valence-corrected chi connectivity index (χ2v) is 4.68. The largest absolute Gasteiger partial charge is 0.480 e. The lowest BCUT2D eigenvalue weighted by molar-refractivity contribution is -0.139. The number of carbonyl (C=O) groups is 2. The summed E-state index contributed by atoms with van der Waals surface area (Å²) >= 11 is 0. The Morgan fingerprint density at radius 1 is 1.48 bits per heavy atom. The number of aliphatic carboxylic acids is 1. The average molecular weight is 292 g/mol. The molecule has 1 aliphatic rings. The van der Waals surface area contributed by atoms with Crippen LogP contribution in [-0.4, -0.2) is 58.1 Å². The number of Topliss-reactive ketones (excluding diaryl/α,β-unsaturated/α-hetero) is 1. The quantitative estimate of drug-likeness (QED) is 0.447. The Labute approximate surface area is 123 Å². The second-order valence-electron chi connectivity index (χ2n) is 4.68. The molecule has 2 atom stereocenters. The van der Waals surface area contributed by atoms with Crippen LogP contribution in [0.4, 0.5) is 0 Å². The van der Waals surface area contributed by atoms with Crippen molar-refractivity contribution < 1.29 is 14.7 Å². The van der Waals surface area contributed by atoms with Gasteiger partial charge in [0.2, 0.25) is 0 Å². The lowest BCUT2D eigenvalue weighted by Gasteiger charge is -2.34. The van der Waals surface area contributed by atoms with Gasteiger partial charge in [-0.3, -0.25) is 14.6 Å². The summed E-state index contributed by atoms with van der Waals surface area (Å²) in [6.07, 6.45) is 2.55. The molecule has 0 fully saturated rings. The highest BCUT2D eigenvalue weighted by Crippen LogP contribution is 2.26. The van der Waals surface area contributed by atoms with E-state index in [1.54, 1.807) is 24.9 Å². The van der Waals surface area contributed by atoms with Gasteiger partial charge < -0.3 is 10.0 Å². The lowest BCUT2D eigenvalue weighted by atomic mass is 9.97. The highest BCUT2D eigenvalue weighted by atomic mass is 16.4. The number of nitrogens with zero attached hydrogens (tertiary/aromatic N) is 4. The minimum absolute atomic E-state index is 0.204. The first-order chi connectivity index (χ1) is 9.83. The zero-order valence-electron chi connectivity index (χ0n) is 12.5. The fourth-order valence-electron chi connectivity index (χ4n) is 2.25. The second kappa shape index (κ2) is 6.83. The highest BCUT2D eigenvalue weighted by molar-refractivity contribution is 6.40. The van der Waals surface area contributed by atoms with E-state index in [2.05, 4.69) is 23.3 Å². The van der Waals surface area contributed by atoms with Crippen LogP contribution in [0.2, 0.25) is 0 Å². The van der Waals surface area contributed by atoms with E-state index in [1.165, 1.54) is 18.1 Å². The monoisotopic (exact) mass is 292 g/mol. The van der Waals surface area contributed by atoms with Crippen LogP contribution in [-0.2, 0) is 9.59 Å². The SMILES string of the molecule is C=CN=C(C)N(C)C1C(C=C)C(C(C)=O)=NN1CC(=O)O. The lowest BCUT2D eigenvalue weighted by Crippen LogP contribution is -2.49. The standard InChI is InChI=1S/C14H20N4O3/c1-6-11-13(9(3)19)16-18(8-12(20)21)14(11)17(5)10(4)15-7-2/h6-7,11,14H,1-2,8H2,3-5H3,(H,20,21). The van der Waals surface area contributed by atoms with Gasteiger partial charge in [-0.05, 0) is 6.92 Å². The van der Waals surface area contributed by atoms with Crippen LogP contribution in [0.25, 0.3) is 0 Å². The Balaban J connectivity index is 3.20. The van der Waals surface area contributed by atoms with Crippen LogP contribution < -0.4 is 0 Å². The fourth-order valence-corrected chi connectivity index (χ4v) is 2.25. The predicted molar refractivity (Wildman–Crippen MR) is 81.0 cm³/mol. The number of carboxylic acid groups (broad SMARTS) is 1. The van der Waals surface area contributed by atoms with E-state index in [4.69, 9.17) is 5.11 Å². The van der Waals surface area contributed by atoms with Gasteiger partial charge in [-0.2, -0.15) is 5.10 Å². The van der Waals surface area contributed by atoms with Crippen molar-refractivity contribution in [3.05, 3.63) is 25.4 Å². The van der Waals surface area contributed by atoms with Crippen molar-refractivity contribution in [2.24, 2.45) is 16.0 Å². The normalized spacial score (nSPS) is 21.8. The number of hydrogen-bond acceptors (Lipinski definition) is 5. The van der Waals surface area contributed by atoms with Crippen LogP contribution in [0.5, 0.6) is 0 Å². The van der Waals surface area contributed by atoms with Crippen LogP contribution in [0.1, 0.15) is 13.8 Å². The molecule has 7 heteroatoms. The number of ketones is 1. The third kappa shape index (κ3) is 3.56. The minimum atomic E-state index is -1.02. The van der Waals surface area contributed by atoms with Gasteiger partial charge in [0.15, 0.2) is 5.78 Å². The first kappa shape index (κ1) is 16.6. The number of aliphatic imine (C=N–C) groups is 1. The summed E-state index contributed by atoms with van der Waals surface area (Å²) in [4.78, 5) is 28.5. The smallest absolute Gasteiger partial charge is 0.324 e. The molecule has 21 heavy (non-hydrogen) atoms. The summed E-state index contributed by atoms with van der Waals surface area (Å²) < 4.78 is 0. The van der Waals surface area contributed by atoms with E-state index < -0.39 is 12.1 Å². The molecule has 0 aliphatic carbocycles. The predicted octanol–water partition coefficient (Wildman–Crippen LogP) is 0.954. The maximum absolute atomic E-state index is 11.7. The van der Waals surface area contributed by atoms with Crippen LogP contribution in [0.3, 0.4) is 0 Å². The molecule has 0 radical (unpaired) electrons. The molecule has 0 aromatic carbocycles. The summed E-state index contributed by atoms with van der Waals surface area (Å²) in [5.74, 6) is -0.980. The molecule has 0 bridgehead atoms. The van der Waals surface area contributed by atoms with Gasteiger partial charge in [-0.25, -0.2) is 4.99 Å². The zero-order chi connectivity index (χ0) is 16.2. The van der Waals surface area contributed by atoms with Gasteiger partial charge in [0.1, 0.15) is 24.3 Å². The Morgan fingerprint density at radius 3 is 2.52 bits per heavy atom. The molecule has 2 unspecified atom stereocenters. The summed E-state index contributed by atoms with van der Waals surface area (Å²) in [5.41, 5.74) is 0.300. The van der Waals surface area contributed by atoms with Crippen molar-refractivity contribution >= 4 is 23.3 Å². The van der Waals surface area contributed by atoms with Crippen LogP contribution >= 0.6 is 0 Å². The molecule has 0 saturated carbocycles. The zero-order valence-corrected chi connectivity index (χ0v) is 12.5. The fraction of sp³-hybridized carbons (Fsp3) is 0.429. The topological polar surface area (TPSA) is 85.6 Å². The Bertz CT molecular complexity index is 524. The van der Waals surface area contributed by atoms with E-state index in [0.717, 1.165) is 0 Å². The Hall–Kier alpha value is -2.44. The van der Waals surface area contributed by atoms with Crippen LogP contribution in [0.15, 0.2) is 35.5 Å². The van der Waals surface area contributed by atoms with Crippen LogP contribution in [0, 0.1) is 5.92 Å². The number of carboxylic acids is 1. The van der Waals surface area contributed by atoms with Crippen molar-refractivity contribution in [2.75, 3.05) is 13.6 Å². The number of carbonyl (C=O) groups excluding carboxylic acids is 1. The summed E-state index contributed by atoms with van der Waals surface area (Å²) in [6, 6.07) is 0. The maximum atomic E-state index is 11.7. The molecule has 0 aromatic heterocycles. The average Bonchev–Trinajstić information content (AvgIpc) is 2.75. The van der Waals surface area contributed by atoms with Crippen molar-refractivity contribution in [3.63, 3.8) is 0 Å². The minimum Gasteiger partial charge on any atom is -0.480 e. The van der Waals surface area contributed by atoms with Crippen molar-refractivity contribution in [3.8, 4) is 0 Å². The molecule has 0 aromatic rings. The van der Waals surface area contributed by atoms with Crippen molar-refractivity contribution in [1.29, 1.82) is 0 Å². The third-order valence-corrected chi connectivity index (χ3v) is 3.28. The molecule has 1 heterocycles. The van der Waals surface area contributed by atoms with Crippen molar-refractivity contribution in [1.82, 2.24) is 9.91 Å². The summed E-state index contributed by atoms with van der Waals surface area (Å²) in [7, 11) is 1.76. The first-order valence-electron chi connectivity index (χ1n) is 6.42. The molecule has 0 saturated heterocycles. The van der Waals surface area contributed by atoms with Gasteiger partial charge in [0.05, 0.1) is 5.92 Å². The molecule has 0 amide bonds. The van der Waals surface area contributed by atoms with Gasteiger partial charge in [-0.15, -0.1) is 6.58 Å². The van der Waals surface area contributed by atoms with Gasteiger partial charge in [-0.1, -0.05) is 12.7 Å². The Kier molecular flexibility index (Phi) is 5.40. The van der Waals surface area contributed by atoms with E-state index in [-0.39, 0.29) is 18.2 Å². The maximum Gasteiger partial charge on any atom is 0.324 e. The van der Waals surface area contributed by atoms with E-state index >= 15 is 0 Å². The molecule has 1 rings (SSSR count). The summed E-state index contributed by atoms with van der Waals surface area (Å²) in [5, 5.41) is 14.5. The number of rotatable bonds is 6. The molecule has 7 nitrogen and oxygen atoms in total. The highest BCUT2D eigenvalue weighted by Gasteiger charge is 2.40. The molecule has 114 valence electrons. The third-order valence-electron chi connectivity index (χ3n) is 3.28. The molecule has 1 aliphatic heterocycles. The number of hydrazone groups is 1. The van der Waals surface area contributed by atoms with E-state index in [0.29, 0.717) is 11.5 Å². The van der Waals surface area contributed by atoms with Gasteiger partial charge in [0.25, 0.3) is 0 Å². The van der Waals surface area contributed by atoms with E-state index in [1.807, 2.05) is 0 Å². The molecule has 0 spiro atoms. The number of amidine groups is 1. The molecular formula is C14H20N4O3. The van der Waals surface area contributed by atoms with E-state index in [9.17, 15) is 9.59 Å². The molecule has 1 N–H and O–H groups in total.